The van der Waals surface area contributed by atoms with Gasteiger partial charge in [-0.2, -0.15) is 0 Å². The van der Waals surface area contributed by atoms with E-state index in [0.29, 0.717) is 35.7 Å². The van der Waals surface area contributed by atoms with Crippen LogP contribution in [-0.4, -0.2) is 49.1 Å². The third-order valence-corrected chi connectivity index (χ3v) is 6.33. The molecule has 0 spiro atoms. The quantitative estimate of drug-likeness (QED) is 0.235. The fourth-order valence-corrected chi connectivity index (χ4v) is 4.42. The first-order chi connectivity index (χ1) is 18.0. The minimum absolute atomic E-state index is 0.0422. The number of likely N-dealkylation sites (tertiary alicyclic amines) is 1. The zero-order chi connectivity index (χ0) is 26.4. The lowest BCUT2D eigenvalue weighted by Gasteiger charge is -2.25. The fourth-order valence-electron chi connectivity index (χ4n) is 4.42. The van der Waals surface area contributed by atoms with Gasteiger partial charge in [-0.1, -0.05) is 43.3 Å². The highest BCUT2D eigenvalue weighted by Gasteiger charge is 2.46. The molecule has 1 amide bonds. The number of benzene rings is 3. The first-order valence-electron chi connectivity index (χ1n) is 12.2. The molecule has 1 fully saturated rings. The molecule has 0 bridgehead atoms. The number of rotatable bonds is 10. The maximum atomic E-state index is 13.3. The number of ether oxygens (including phenoxy) is 3. The summed E-state index contributed by atoms with van der Waals surface area (Å²) in [6.45, 7) is 2.82. The third-order valence-electron chi connectivity index (χ3n) is 6.33. The van der Waals surface area contributed by atoms with Crippen LogP contribution in [-0.2, 0) is 16.0 Å². The van der Waals surface area contributed by atoms with E-state index in [9.17, 15) is 14.7 Å². The summed E-state index contributed by atoms with van der Waals surface area (Å²) in [5.74, 6) is 0.303. The van der Waals surface area contributed by atoms with Crippen LogP contribution in [0.25, 0.3) is 5.76 Å². The highest BCUT2D eigenvalue weighted by atomic mass is 16.5. The van der Waals surface area contributed by atoms with Crippen LogP contribution < -0.4 is 14.2 Å². The Morgan fingerprint density at radius 2 is 1.59 bits per heavy atom. The second-order valence-corrected chi connectivity index (χ2v) is 8.74. The summed E-state index contributed by atoms with van der Waals surface area (Å²) in [6.07, 6.45) is 1.36. The topological polar surface area (TPSA) is 85.3 Å². The number of aliphatic hydroxyl groups excluding tert-OH is 1. The molecule has 1 heterocycles. The van der Waals surface area contributed by atoms with Gasteiger partial charge in [0.2, 0.25) is 0 Å². The van der Waals surface area contributed by atoms with Gasteiger partial charge in [-0.15, -0.1) is 0 Å². The third kappa shape index (κ3) is 5.61. The Hall–Kier alpha value is -4.26. The van der Waals surface area contributed by atoms with Gasteiger partial charge in [-0.05, 0) is 60.4 Å². The molecule has 0 aliphatic carbocycles. The van der Waals surface area contributed by atoms with Crippen molar-refractivity contribution in [3.63, 3.8) is 0 Å². The van der Waals surface area contributed by atoms with Crippen molar-refractivity contribution in [2.24, 2.45) is 0 Å². The molecule has 3 aromatic rings. The van der Waals surface area contributed by atoms with Crippen LogP contribution in [0.3, 0.4) is 0 Å². The predicted molar refractivity (Wildman–Crippen MR) is 141 cm³/mol. The Bertz CT molecular complexity index is 1300. The Balaban J connectivity index is 1.74. The maximum absolute atomic E-state index is 13.3. The maximum Gasteiger partial charge on any atom is 0.295 e. The van der Waals surface area contributed by atoms with Crippen molar-refractivity contribution in [1.82, 2.24) is 4.90 Å². The van der Waals surface area contributed by atoms with Gasteiger partial charge in [-0.25, -0.2) is 0 Å². The highest BCUT2D eigenvalue weighted by Crippen LogP contribution is 2.40. The van der Waals surface area contributed by atoms with E-state index in [0.717, 1.165) is 17.7 Å². The van der Waals surface area contributed by atoms with Gasteiger partial charge in [0.05, 0.1) is 32.4 Å². The molecule has 0 saturated carbocycles. The average Bonchev–Trinajstić information content (AvgIpc) is 3.20. The first kappa shape index (κ1) is 25.8. The van der Waals surface area contributed by atoms with Crippen LogP contribution in [0.4, 0.5) is 0 Å². The summed E-state index contributed by atoms with van der Waals surface area (Å²) in [5, 5.41) is 11.4. The molecule has 1 atom stereocenters. The molecule has 0 aromatic heterocycles. The van der Waals surface area contributed by atoms with E-state index in [1.54, 1.807) is 56.7 Å². The number of ketones is 1. The van der Waals surface area contributed by atoms with Gasteiger partial charge in [0.25, 0.3) is 11.7 Å². The van der Waals surface area contributed by atoms with E-state index in [1.165, 1.54) is 4.90 Å². The smallest absolute Gasteiger partial charge is 0.295 e. The van der Waals surface area contributed by atoms with E-state index >= 15 is 0 Å². The summed E-state index contributed by atoms with van der Waals surface area (Å²) >= 11 is 0. The number of amides is 1. The summed E-state index contributed by atoms with van der Waals surface area (Å²) in [5.41, 5.74) is 2.12. The Morgan fingerprint density at radius 1 is 0.892 bits per heavy atom. The van der Waals surface area contributed by atoms with Crippen molar-refractivity contribution < 1.29 is 28.9 Å². The second kappa shape index (κ2) is 11.6. The Morgan fingerprint density at radius 3 is 2.30 bits per heavy atom. The predicted octanol–water partition coefficient (Wildman–Crippen LogP) is 5.16. The van der Waals surface area contributed by atoms with Crippen LogP contribution in [0.2, 0.25) is 0 Å². The number of hydrogen-bond donors (Lipinski definition) is 1. The number of Topliss-reactive ketones (excluding diaryl/α,β-unsaturated/α-hetero) is 1. The minimum Gasteiger partial charge on any atom is -0.507 e. The molecular formula is C30H31NO6. The normalized spacial score (nSPS) is 16.6. The number of carbonyl (C=O) groups excluding carboxylic acids is 2. The SMILES string of the molecule is CCCOc1cccc(/C(O)=C2/C(=O)C(=O)N(CCc3ccc(OC)cc3)C2c2cccc(OC)c2)c1. The van der Waals surface area contributed by atoms with E-state index in [2.05, 4.69) is 0 Å². The molecule has 0 radical (unpaired) electrons. The fraction of sp³-hybridized carbons (Fsp3) is 0.267. The molecule has 1 aliphatic heterocycles. The number of nitrogens with zero attached hydrogens (tertiary/aromatic N) is 1. The second-order valence-electron chi connectivity index (χ2n) is 8.74. The van der Waals surface area contributed by atoms with Crippen molar-refractivity contribution >= 4 is 17.4 Å². The van der Waals surface area contributed by atoms with Crippen molar-refractivity contribution in [1.29, 1.82) is 0 Å². The largest absolute Gasteiger partial charge is 0.507 e. The van der Waals surface area contributed by atoms with Crippen molar-refractivity contribution in [3.05, 3.63) is 95.1 Å². The van der Waals surface area contributed by atoms with E-state index in [-0.39, 0.29) is 17.9 Å². The monoisotopic (exact) mass is 501 g/mol. The van der Waals surface area contributed by atoms with Crippen LogP contribution >= 0.6 is 0 Å². The zero-order valence-electron chi connectivity index (χ0n) is 21.3. The summed E-state index contributed by atoms with van der Waals surface area (Å²) < 4.78 is 16.3. The van der Waals surface area contributed by atoms with E-state index in [1.807, 2.05) is 37.3 Å². The zero-order valence-corrected chi connectivity index (χ0v) is 21.3. The van der Waals surface area contributed by atoms with Gasteiger partial charge in [0.1, 0.15) is 23.0 Å². The molecule has 4 rings (SSSR count). The Kier molecular flexibility index (Phi) is 8.13. The van der Waals surface area contributed by atoms with Gasteiger partial charge in [0.15, 0.2) is 0 Å². The van der Waals surface area contributed by atoms with Crippen molar-refractivity contribution in [3.8, 4) is 17.2 Å². The highest BCUT2D eigenvalue weighted by molar-refractivity contribution is 6.46. The lowest BCUT2D eigenvalue weighted by molar-refractivity contribution is -0.139. The summed E-state index contributed by atoms with van der Waals surface area (Å²) in [6, 6.07) is 20.9. The van der Waals surface area contributed by atoms with E-state index in [4.69, 9.17) is 14.2 Å². The van der Waals surface area contributed by atoms with Gasteiger partial charge >= 0.3 is 0 Å². The van der Waals surface area contributed by atoms with Crippen LogP contribution in [0, 0.1) is 0 Å². The van der Waals surface area contributed by atoms with E-state index < -0.39 is 17.7 Å². The molecule has 1 N–H and O–H groups in total. The van der Waals surface area contributed by atoms with Crippen LogP contribution in [0.1, 0.15) is 36.1 Å². The van der Waals surface area contributed by atoms with Crippen molar-refractivity contribution in [2.45, 2.75) is 25.8 Å². The lowest BCUT2D eigenvalue weighted by Crippen LogP contribution is -2.31. The average molecular weight is 502 g/mol. The first-order valence-corrected chi connectivity index (χ1v) is 12.2. The summed E-state index contributed by atoms with van der Waals surface area (Å²) in [4.78, 5) is 28.1. The molecule has 37 heavy (non-hydrogen) atoms. The van der Waals surface area contributed by atoms with Gasteiger partial charge < -0.3 is 24.2 Å². The molecule has 7 nitrogen and oxygen atoms in total. The number of carbonyl (C=O) groups is 2. The standard InChI is InChI=1S/C30H31NO6/c1-4-17-37-25-10-6-8-22(19-25)28(32)26-27(21-7-5-9-24(18-21)36-3)31(30(34)29(26)33)16-15-20-11-13-23(35-2)14-12-20/h5-14,18-19,27,32H,4,15-17H2,1-3H3/b28-26-. The number of aliphatic hydroxyl groups is 1. The van der Waals surface area contributed by atoms with Gasteiger partial charge in [-0.3, -0.25) is 9.59 Å². The van der Waals surface area contributed by atoms with Crippen molar-refractivity contribution in [2.75, 3.05) is 27.4 Å². The molecule has 1 unspecified atom stereocenters. The molecule has 192 valence electrons. The minimum atomic E-state index is -0.770. The lowest BCUT2D eigenvalue weighted by atomic mass is 9.95. The molecule has 7 heteroatoms. The molecule has 1 saturated heterocycles. The Labute approximate surface area is 216 Å². The van der Waals surface area contributed by atoms with Crippen LogP contribution in [0.15, 0.2) is 78.4 Å². The number of methoxy groups -OCH3 is 2. The molecule has 1 aliphatic rings. The van der Waals surface area contributed by atoms with Gasteiger partial charge in [0, 0.05) is 12.1 Å². The summed E-state index contributed by atoms with van der Waals surface area (Å²) in [7, 11) is 3.16. The van der Waals surface area contributed by atoms with Crippen LogP contribution in [0.5, 0.6) is 17.2 Å². The molecular weight excluding hydrogens is 470 g/mol. The molecule has 3 aromatic carbocycles. The number of hydrogen-bond acceptors (Lipinski definition) is 6.